The highest BCUT2D eigenvalue weighted by Crippen LogP contribution is 2.16. The van der Waals surface area contributed by atoms with Crippen LogP contribution in [-0.2, 0) is 0 Å². The van der Waals surface area contributed by atoms with Crippen LogP contribution in [-0.4, -0.2) is 5.78 Å². The van der Waals surface area contributed by atoms with E-state index in [2.05, 4.69) is 6.58 Å². The molecule has 0 aliphatic rings. The van der Waals surface area contributed by atoms with Crippen LogP contribution in [0.3, 0.4) is 0 Å². The van der Waals surface area contributed by atoms with Crippen LogP contribution in [0.15, 0.2) is 30.9 Å². The maximum atomic E-state index is 11.6. The van der Waals surface area contributed by atoms with E-state index in [9.17, 15) is 4.79 Å². The van der Waals surface area contributed by atoms with Crippen molar-refractivity contribution in [3.63, 3.8) is 0 Å². The van der Waals surface area contributed by atoms with Crippen molar-refractivity contribution in [3.05, 3.63) is 47.0 Å². The third-order valence-corrected chi connectivity index (χ3v) is 2.16. The topological polar surface area (TPSA) is 17.1 Å². The summed E-state index contributed by atoms with van der Waals surface area (Å²) >= 11 is 5.86. The molecule has 2 heteroatoms. The number of benzene rings is 1. The minimum atomic E-state index is 0.121. The molecule has 0 atom stereocenters. The van der Waals surface area contributed by atoms with Gasteiger partial charge in [0, 0.05) is 17.0 Å². The van der Waals surface area contributed by atoms with E-state index < -0.39 is 0 Å². The van der Waals surface area contributed by atoms with Gasteiger partial charge >= 0.3 is 0 Å². The van der Waals surface area contributed by atoms with Gasteiger partial charge in [-0.3, -0.25) is 4.79 Å². The molecule has 1 rings (SSSR count). The van der Waals surface area contributed by atoms with E-state index in [0.29, 0.717) is 23.4 Å². The number of carbonyl (C=O) groups excluding carboxylic acids is 1. The van der Waals surface area contributed by atoms with Gasteiger partial charge in [-0.2, -0.15) is 0 Å². The lowest BCUT2D eigenvalue weighted by Gasteiger charge is -2.01. The zero-order chi connectivity index (χ0) is 10.6. The smallest absolute Gasteiger partial charge is 0.163 e. The third kappa shape index (κ3) is 3.00. The SMILES string of the molecule is C=CCCC(=O)c1cc(C)cc(Cl)c1. The van der Waals surface area contributed by atoms with Gasteiger partial charge in [0.1, 0.15) is 0 Å². The van der Waals surface area contributed by atoms with Crippen molar-refractivity contribution in [3.8, 4) is 0 Å². The summed E-state index contributed by atoms with van der Waals surface area (Å²) in [7, 11) is 0. The maximum Gasteiger partial charge on any atom is 0.163 e. The Bertz CT molecular complexity index is 335. The van der Waals surface area contributed by atoms with Gasteiger partial charge in [0.25, 0.3) is 0 Å². The van der Waals surface area contributed by atoms with Gasteiger partial charge in [-0.25, -0.2) is 0 Å². The maximum absolute atomic E-state index is 11.6. The second-order valence-corrected chi connectivity index (χ2v) is 3.70. The normalized spacial score (nSPS) is 9.86. The summed E-state index contributed by atoms with van der Waals surface area (Å²) in [6.07, 6.45) is 2.96. The second kappa shape index (κ2) is 4.97. The molecule has 0 spiro atoms. The fourth-order valence-corrected chi connectivity index (χ4v) is 1.56. The average molecular weight is 209 g/mol. The molecule has 14 heavy (non-hydrogen) atoms. The lowest BCUT2D eigenvalue weighted by atomic mass is 10.0. The number of aryl methyl sites for hydroxylation is 1. The average Bonchev–Trinajstić information content (AvgIpc) is 2.12. The number of halogens is 1. The molecule has 0 aliphatic carbocycles. The third-order valence-electron chi connectivity index (χ3n) is 1.94. The first kappa shape index (κ1) is 11.0. The standard InChI is InChI=1S/C12H13ClO/c1-3-4-5-12(14)10-6-9(2)7-11(13)8-10/h3,6-8H,1,4-5H2,2H3. The number of allylic oxidation sites excluding steroid dienone is 1. The van der Waals surface area contributed by atoms with Crippen molar-refractivity contribution in [1.82, 2.24) is 0 Å². The van der Waals surface area contributed by atoms with Crippen LogP contribution in [0.1, 0.15) is 28.8 Å². The van der Waals surface area contributed by atoms with Crippen molar-refractivity contribution in [2.75, 3.05) is 0 Å². The van der Waals surface area contributed by atoms with E-state index in [1.807, 2.05) is 19.1 Å². The molecule has 0 aliphatic heterocycles. The number of Topliss-reactive ketones (excluding diaryl/α,β-unsaturated/α-hetero) is 1. The van der Waals surface area contributed by atoms with Gasteiger partial charge in [-0.15, -0.1) is 6.58 Å². The summed E-state index contributed by atoms with van der Waals surface area (Å²) in [4.78, 5) is 11.6. The first-order valence-electron chi connectivity index (χ1n) is 4.55. The van der Waals surface area contributed by atoms with E-state index in [-0.39, 0.29) is 5.78 Å². The van der Waals surface area contributed by atoms with Gasteiger partial charge in [0.05, 0.1) is 0 Å². The quantitative estimate of drug-likeness (QED) is 0.544. The molecule has 1 aromatic carbocycles. The van der Waals surface area contributed by atoms with Crippen LogP contribution in [0.5, 0.6) is 0 Å². The summed E-state index contributed by atoms with van der Waals surface area (Å²) in [5.74, 6) is 0.121. The highest BCUT2D eigenvalue weighted by atomic mass is 35.5. The Morgan fingerprint density at radius 1 is 1.50 bits per heavy atom. The van der Waals surface area contributed by atoms with Crippen LogP contribution in [0.2, 0.25) is 5.02 Å². The van der Waals surface area contributed by atoms with E-state index in [4.69, 9.17) is 11.6 Å². The molecule has 74 valence electrons. The molecule has 0 unspecified atom stereocenters. The number of carbonyl (C=O) groups is 1. The Kier molecular flexibility index (Phi) is 3.90. The first-order chi connectivity index (χ1) is 6.63. The Morgan fingerprint density at radius 3 is 2.79 bits per heavy atom. The summed E-state index contributed by atoms with van der Waals surface area (Å²) in [5, 5.41) is 0.618. The van der Waals surface area contributed by atoms with Crippen molar-refractivity contribution in [2.45, 2.75) is 19.8 Å². The fourth-order valence-electron chi connectivity index (χ4n) is 1.27. The Hall–Kier alpha value is -1.08. The van der Waals surface area contributed by atoms with Crippen LogP contribution in [0.25, 0.3) is 0 Å². The largest absolute Gasteiger partial charge is 0.294 e. The zero-order valence-electron chi connectivity index (χ0n) is 8.22. The van der Waals surface area contributed by atoms with Crippen LogP contribution < -0.4 is 0 Å². The van der Waals surface area contributed by atoms with E-state index in [0.717, 1.165) is 5.56 Å². The second-order valence-electron chi connectivity index (χ2n) is 3.27. The minimum Gasteiger partial charge on any atom is -0.294 e. The zero-order valence-corrected chi connectivity index (χ0v) is 8.97. The summed E-state index contributed by atoms with van der Waals surface area (Å²) in [5.41, 5.74) is 1.70. The molecular weight excluding hydrogens is 196 g/mol. The molecule has 0 heterocycles. The fraction of sp³-hybridized carbons (Fsp3) is 0.250. The van der Waals surface area contributed by atoms with E-state index >= 15 is 0 Å². The first-order valence-corrected chi connectivity index (χ1v) is 4.92. The number of ketones is 1. The highest BCUT2D eigenvalue weighted by Gasteiger charge is 2.05. The number of hydrogen-bond donors (Lipinski definition) is 0. The van der Waals surface area contributed by atoms with Gasteiger partial charge in [-0.05, 0) is 37.1 Å². The molecule has 0 amide bonds. The summed E-state index contributed by atoms with van der Waals surface area (Å²) in [6, 6.07) is 5.41. The van der Waals surface area contributed by atoms with Crippen molar-refractivity contribution < 1.29 is 4.79 Å². The predicted octanol–water partition coefficient (Wildman–Crippen LogP) is 3.80. The summed E-state index contributed by atoms with van der Waals surface area (Å²) in [6.45, 7) is 5.51. The lowest BCUT2D eigenvalue weighted by molar-refractivity contribution is 0.0983. The molecular formula is C12H13ClO. The monoisotopic (exact) mass is 208 g/mol. The summed E-state index contributed by atoms with van der Waals surface area (Å²) < 4.78 is 0. The van der Waals surface area contributed by atoms with Crippen LogP contribution in [0, 0.1) is 6.92 Å². The van der Waals surface area contributed by atoms with Gasteiger partial charge in [0.2, 0.25) is 0 Å². The van der Waals surface area contributed by atoms with Crippen LogP contribution >= 0.6 is 11.6 Å². The molecule has 0 fully saturated rings. The molecule has 0 saturated carbocycles. The van der Waals surface area contributed by atoms with Gasteiger partial charge in [0.15, 0.2) is 5.78 Å². The van der Waals surface area contributed by atoms with Crippen molar-refractivity contribution in [1.29, 1.82) is 0 Å². The number of hydrogen-bond acceptors (Lipinski definition) is 1. The molecule has 0 radical (unpaired) electrons. The minimum absolute atomic E-state index is 0.121. The molecule has 0 aromatic heterocycles. The highest BCUT2D eigenvalue weighted by molar-refractivity contribution is 6.31. The number of rotatable bonds is 4. The van der Waals surface area contributed by atoms with Crippen molar-refractivity contribution in [2.24, 2.45) is 0 Å². The molecule has 0 N–H and O–H groups in total. The van der Waals surface area contributed by atoms with Gasteiger partial charge in [-0.1, -0.05) is 17.7 Å². The predicted molar refractivity (Wildman–Crippen MR) is 60.0 cm³/mol. The molecule has 0 saturated heterocycles. The molecule has 1 aromatic rings. The van der Waals surface area contributed by atoms with Crippen molar-refractivity contribution >= 4 is 17.4 Å². The molecule has 0 bridgehead atoms. The van der Waals surface area contributed by atoms with E-state index in [1.54, 1.807) is 12.1 Å². The van der Waals surface area contributed by atoms with Gasteiger partial charge < -0.3 is 0 Å². The Morgan fingerprint density at radius 2 is 2.21 bits per heavy atom. The van der Waals surface area contributed by atoms with E-state index in [1.165, 1.54) is 0 Å². The Balaban J connectivity index is 2.84. The van der Waals surface area contributed by atoms with Crippen LogP contribution in [0.4, 0.5) is 0 Å². The Labute approximate surface area is 89.4 Å². The lowest BCUT2D eigenvalue weighted by Crippen LogP contribution is -1.98. The molecule has 1 nitrogen and oxygen atoms in total.